The van der Waals surface area contributed by atoms with Gasteiger partial charge in [-0.1, -0.05) is 6.92 Å². The second kappa shape index (κ2) is 6.39. The molecule has 0 unspecified atom stereocenters. The fourth-order valence-electron chi connectivity index (χ4n) is 2.68. The van der Waals surface area contributed by atoms with E-state index in [0.29, 0.717) is 19.5 Å². The van der Waals surface area contributed by atoms with E-state index in [0.717, 1.165) is 12.8 Å². The zero-order chi connectivity index (χ0) is 14.7. The number of nitrogens with zero attached hydrogens (tertiary/aromatic N) is 1. The van der Waals surface area contributed by atoms with Gasteiger partial charge in [0.2, 0.25) is 5.91 Å². The number of carbonyl (C=O) groups is 2. The molecule has 0 bridgehead atoms. The molecule has 1 N–H and O–H groups in total. The fraction of sp³-hybridized carbons (Fsp3) is 0.600. The number of aryl methyl sites for hydroxylation is 2. The van der Waals surface area contributed by atoms with Crippen molar-refractivity contribution in [2.45, 2.75) is 33.1 Å². The van der Waals surface area contributed by atoms with Crippen molar-refractivity contribution >= 4 is 23.2 Å². The molecule has 0 radical (unpaired) electrons. The Labute approximate surface area is 123 Å². The Morgan fingerprint density at radius 3 is 2.70 bits per heavy atom. The van der Waals surface area contributed by atoms with Crippen LogP contribution in [0.25, 0.3) is 0 Å². The molecule has 2 rings (SSSR count). The third kappa shape index (κ3) is 3.60. The Morgan fingerprint density at radius 1 is 1.40 bits per heavy atom. The average molecular weight is 295 g/mol. The van der Waals surface area contributed by atoms with Crippen LogP contribution in [0.1, 0.15) is 29.5 Å². The molecule has 0 aromatic carbocycles. The summed E-state index contributed by atoms with van der Waals surface area (Å²) in [5.41, 5.74) is 0. The summed E-state index contributed by atoms with van der Waals surface area (Å²) in [6, 6.07) is 4.21. The molecule has 20 heavy (non-hydrogen) atoms. The second-order valence-corrected chi connectivity index (χ2v) is 6.96. The van der Waals surface area contributed by atoms with Crippen molar-refractivity contribution in [3.63, 3.8) is 0 Å². The first-order valence-electron chi connectivity index (χ1n) is 7.03. The van der Waals surface area contributed by atoms with Crippen LogP contribution in [-0.4, -0.2) is 35.0 Å². The molecule has 4 nitrogen and oxygen atoms in total. The first kappa shape index (κ1) is 15.0. The van der Waals surface area contributed by atoms with Gasteiger partial charge in [0.15, 0.2) is 0 Å². The lowest BCUT2D eigenvalue weighted by Gasteiger charge is -2.15. The molecule has 1 amide bonds. The quantitative estimate of drug-likeness (QED) is 0.908. The Kier molecular flexibility index (Phi) is 4.81. The summed E-state index contributed by atoms with van der Waals surface area (Å²) in [5, 5.41) is 9.07. The number of hydrogen-bond acceptors (Lipinski definition) is 3. The van der Waals surface area contributed by atoms with E-state index < -0.39 is 11.9 Å². The van der Waals surface area contributed by atoms with E-state index in [-0.39, 0.29) is 11.8 Å². The molecule has 110 valence electrons. The number of hydrogen-bond donors (Lipinski definition) is 1. The number of amides is 1. The second-order valence-electron chi connectivity index (χ2n) is 5.59. The number of aliphatic carboxylic acids is 1. The van der Waals surface area contributed by atoms with Gasteiger partial charge >= 0.3 is 5.97 Å². The third-order valence-corrected chi connectivity index (χ3v) is 4.95. The highest BCUT2D eigenvalue weighted by atomic mass is 32.1. The number of rotatable bonds is 5. The van der Waals surface area contributed by atoms with Crippen LogP contribution in [0.3, 0.4) is 0 Å². The lowest BCUT2D eigenvalue weighted by molar-refractivity contribution is -0.142. The third-order valence-electron chi connectivity index (χ3n) is 3.89. The van der Waals surface area contributed by atoms with Crippen LogP contribution < -0.4 is 0 Å². The SMILES string of the molecule is Cc1ccc(CCCC(=O)N2C[C@@H](C)[C@H](C(=O)O)C2)s1. The first-order chi connectivity index (χ1) is 9.47. The van der Waals surface area contributed by atoms with E-state index >= 15 is 0 Å². The van der Waals surface area contributed by atoms with E-state index in [1.165, 1.54) is 9.75 Å². The molecule has 2 atom stereocenters. The summed E-state index contributed by atoms with van der Waals surface area (Å²) in [4.78, 5) is 27.5. The van der Waals surface area contributed by atoms with Gasteiger partial charge in [0.1, 0.15) is 0 Å². The zero-order valence-corrected chi connectivity index (χ0v) is 12.8. The minimum atomic E-state index is -0.790. The molecular weight excluding hydrogens is 274 g/mol. The maximum Gasteiger partial charge on any atom is 0.308 e. The summed E-state index contributed by atoms with van der Waals surface area (Å²) >= 11 is 1.77. The van der Waals surface area contributed by atoms with Gasteiger partial charge < -0.3 is 10.0 Å². The summed E-state index contributed by atoms with van der Waals surface area (Å²) < 4.78 is 0. The Morgan fingerprint density at radius 2 is 2.15 bits per heavy atom. The fourth-order valence-corrected chi connectivity index (χ4v) is 3.62. The van der Waals surface area contributed by atoms with Crippen LogP contribution in [-0.2, 0) is 16.0 Å². The first-order valence-corrected chi connectivity index (χ1v) is 7.85. The Hall–Kier alpha value is -1.36. The minimum absolute atomic E-state index is 0.0522. The summed E-state index contributed by atoms with van der Waals surface area (Å²) in [7, 11) is 0. The Bertz CT molecular complexity index is 497. The molecule has 1 aliphatic rings. The molecule has 0 spiro atoms. The van der Waals surface area contributed by atoms with Gasteiger partial charge in [0.05, 0.1) is 5.92 Å². The van der Waals surface area contributed by atoms with Gasteiger partial charge in [-0.2, -0.15) is 0 Å². The standard InChI is InChI=1S/C15H21NO3S/c1-10-8-16(9-13(10)15(18)19)14(17)5-3-4-12-7-6-11(2)20-12/h6-7,10,13H,3-5,8-9H2,1-2H3,(H,18,19)/t10-,13-/m1/s1. The molecule has 1 fully saturated rings. The van der Waals surface area contributed by atoms with Gasteiger partial charge in [-0.15, -0.1) is 11.3 Å². The molecule has 2 heterocycles. The van der Waals surface area contributed by atoms with Crippen molar-refractivity contribution in [3.8, 4) is 0 Å². The highest BCUT2D eigenvalue weighted by molar-refractivity contribution is 7.11. The molecular formula is C15H21NO3S. The van der Waals surface area contributed by atoms with Crippen molar-refractivity contribution in [2.75, 3.05) is 13.1 Å². The number of likely N-dealkylation sites (tertiary alicyclic amines) is 1. The van der Waals surface area contributed by atoms with Crippen LogP contribution in [0.2, 0.25) is 0 Å². The smallest absolute Gasteiger partial charge is 0.308 e. The van der Waals surface area contributed by atoms with Crippen LogP contribution in [0, 0.1) is 18.8 Å². The maximum absolute atomic E-state index is 12.1. The average Bonchev–Trinajstić information content (AvgIpc) is 2.95. The normalized spacial score (nSPS) is 22.2. The summed E-state index contributed by atoms with van der Waals surface area (Å²) in [6.45, 7) is 4.93. The van der Waals surface area contributed by atoms with Gasteiger partial charge in [-0.05, 0) is 37.8 Å². The Balaban J connectivity index is 1.77. The van der Waals surface area contributed by atoms with Crippen LogP contribution >= 0.6 is 11.3 Å². The molecule has 0 aliphatic carbocycles. The lowest BCUT2D eigenvalue weighted by atomic mass is 9.99. The highest BCUT2D eigenvalue weighted by Crippen LogP contribution is 2.24. The van der Waals surface area contributed by atoms with Gasteiger partial charge in [0.25, 0.3) is 0 Å². The van der Waals surface area contributed by atoms with E-state index in [2.05, 4.69) is 19.1 Å². The minimum Gasteiger partial charge on any atom is -0.481 e. The number of carboxylic acid groups (broad SMARTS) is 1. The van der Waals surface area contributed by atoms with Gasteiger partial charge in [-0.25, -0.2) is 0 Å². The molecule has 1 aromatic rings. The monoisotopic (exact) mass is 295 g/mol. The van der Waals surface area contributed by atoms with E-state index in [1.807, 2.05) is 6.92 Å². The van der Waals surface area contributed by atoms with Crippen molar-refractivity contribution < 1.29 is 14.7 Å². The molecule has 1 saturated heterocycles. The number of carbonyl (C=O) groups excluding carboxylic acids is 1. The van der Waals surface area contributed by atoms with Gasteiger partial charge in [-0.3, -0.25) is 9.59 Å². The predicted octanol–water partition coefficient (Wildman–Crippen LogP) is 2.56. The molecule has 5 heteroatoms. The lowest BCUT2D eigenvalue weighted by Crippen LogP contribution is -2.29. The predicted molar refractivity (Wildman–Crippen MR) is 78.9 cm³/mol. The van der Waals surface area contributed by atoms with Gasteiger partial charge in [0, 0.05) is 29.3 Å². The van der Waals surface area contributed by atoms with Crippen molar-refractivity contribution in [1.29, 1.82) is 0 Å². The van der Waals surface area contributed by atoms with E-state index in [4.69, 9.17) is 5.11 Å². The summed E-state index contributed by atoms with van der Waals surface area (Å²) in [5.74, 6) is -1.05. The number of thiophene rings is 1. The van der Waals surface area contributed by atoms with Crippen LogP contribution in [0.15, 0.2) is 12.1 Å². The zero-order valence-electron chi connectivity index (χ0n) is 12.0. The topological polar surface area (TPSA) is 57.6 Å². The van der Waals surface area contributed by atoms with Crippen molar-refractivity contribution in [1.82, 2.24) is 4.90 Å². The van der Waals surface area contributed by atoms with Crippen molar-refractivity contribution in [2.24, 2.45) is 11.8 Å². The van der Waals surface area contributed by atoms with E-state index in [9.17, 15) is 9.59 Å². The highest BCUT2D eigenvalue weighted by Gasteiger charge is 2.36. The van der Waals surface area contributed by atoms with E-state index in [1.54, 1.807) is 16.2 Å². The molecule has 0 saturated carbocycles. The van der Waals surface area contributed by atoms with Crippen molar-refractivity contribution in [3.05, 3.63) is 21.9 Å². The van der Waals surface area contributed by atoms with Crippen LogP contribution in [0.4, 0.5) is 0 Å². The molecule has 1 aromatic heterocycles. The maximum atomic E-state index is 12.1. The molecule has 1 aliphatic heterocycles. The van der Waals surface area contributed by atoms with Crippen LogP contribution in [0.5, 0.6) is 0 Å². The number of carboxylic acids is 1. The largest absolute Gasteiger partial charge is 0.481 e. The summed E-state index contributed by atoms with van der Waals surface area (Å²) in [6.07, 6.45) is 2.27.